The lowest BCUT2D eigenvalue weighted by atomic mass is 10.0. The number of pyridine rings is 2. The van der Waals surface area contributed by atoms with E-state index in [0.29, 0.717) is 55.6 Å². The summed E-state index contributed by atoms with van der Waals surface area (Å²) in [5, 5.41) is 80.5. The number of halogens is 4. The van der Waals surface area contributed by atoms with Crippen molar-refractivity contribution in [2.45, 2.75) is 107 Å². The largest absolute Gasteiger partial charge is 0.465 e. The van der Waals surface area contributed by atoms with Gasteiger partial charge in [-0.1, -0.05) is 138 Å². The standard InChI is InChI=1S/C24H23FN6O4.C19H15ClFN3O3.C14H17N3O2.C12H15N3O.C10H11N3.C5H9N3O.C4H7BrO2.CH4/c1-24(2,3)35-23(34)30-13-17-21(22(30)33)18(31-9-7-19(29-31)27-8-10-32)11-16(28-17)20-14(12-26)5-4-6-15(20)25;1-19(2,3)27-18(26)24-9-14-16(17(24)25)11(20)7-13(23-14)15-10(8-22)5-4-6-12(15)21;1-2-19-14(18)10-15-13-8-9-17(16-13)11-12-6-4-3-5-7-12;16-9-7-13-12-6-8-15(14-12)10-11-4-2-1-3-5-11;11-10-6-7-13(12-10)8-9-4-2-1-3-5-9;9-4-3-6-5-1-2-7-8-5;1-2-7-4(6)3-5;/h4-7,9,11,32H,8,10,13H2,1-3H3,(H,27,29);4-7H,9H2,1-3H3;3-9H,2,10-11H2,1H3,(H,15,16);1-6,8,16H,7,9-10H2,(H,13,14);1-7H,8H2,(H2,11,12);1-2,9H,3-4H2,(H2,6,7,8);2-3H2,1H3;1H4. The van der Waals surface area contributed by atoms with Crippen molar-refractivity contribution >= 4 is 92.6 Å². The van der Waals surface area contributed by atoms with Gasteiger partial charge in [0.1, 0.15) is 63.8 Å². The van der Waals surface area contributed by atoms with Gasteiger partial charge in [-0.3, -0.25) is 38.3 Å². The van der Waals surface area contributed by atoms with Gasteiger partial charge in [-0.05, 0) is 121 Å². The third-order valence-electron chi connectivity index (χ3n) is 16.9. The van der Waals surface area contributed by atoms with Crippen LogP contribution in [0.4, 0.5) is 47.5 Å². The summed E-state index contributed by atoms with van der Waals surface area (Å²) in [4.78, 5) is 82.8. The van der Waals surface area contributed by atoms with Crippen LogP contribution in [0.1, 0.15) is 123 Å². The SMILES string of the molecule is C.CC(C)(C)OC(=O)N1Cc2nc(-c3c(F)cccc3C#N)cc(-n3ccc(NCCO)n3)c2C1=O.CC(C)(C)OC(=O)N1Cc2nc(-c3c(F)cccc3C#N)cc(Cl)c2C1=O.CCOC(=O)CBr.CCOC(=O)CNc1ccn(Cc2ccccc2)n1.Nc1ccn(Cc2ccccc2)n1.OCCNc1ccn(Cc2ccccc2)n1.OCCNc1ccn[nH]1. The third-order valence-corrected chi connectivity index (χ3v) is 17.7. The molecule has 0 aliphatic carbocycles. The Balaban J connectivity index is 0.000000215. The average molecular weight is 1830 g/mol. The molecule has 5 aromatic carbocycles. The Bertz CT molecular complexity index is 5640. The highest BCUT2D eigenvalue weighted by atomic mass is 79.9. The molecule has 38 heteroatoms. The molecule has 0 atom stereocenters. The Morgan fingerprint density at radius 2 is 0.969 bits per heavy atom. The van der Waals surface area contributed by atoms with E-state index in [2.05, 4.69) is 107 Å². The summed E-state index contributed by atoms with van der Waals surface area (Å²) < 4.78 is 55.9. The van der Waals surface area contributed by atoms with Crippen LogP contribution in [0.15, 0.2) is 201 Å². The molecule has 0 bridgehead atoms. The number of hydrogen-bond donors (Lipinski definition) is 9. The van der Waals surface area contributed by atoms with Gasteiger partial charge in [0.25, 0.3) is 11.8 Å². The number of aromatic nitrogens is 12. The van der Waals surface area contributed by atoms with Crippen LogP contribution in [0, 0.1) is 34.3 Å². The first kappa shape index (κ1) is 99.9. The van der Waals surface area contributed by atoms with Crippen LogP contribution in [0.3, 0.4) is 0 Å². The second kappa shape index (κ2) is 49.9. The van der Waals surface area contributed by atoms with E-state index in [4.69, 9.17) is 46.9 Å². The van der Waals surface area contributed by atoms with Crippen molar-refractivity contribution in [1.82, 2.24) is 69.1 Å². The smallest absolute Gasteiger partial charge is 0.417 e. The van der Waals surface area contributed by atoms with Gasteiger partial charge in [-0.2, -0.15) is 36.0 Å². The Morgan fingerprint density at radius 1 is 0.543 bits per heavy atom. The van der Waals surface area contributed by atoms with Crippen LogP contribution in [-0.2, 0) is 61.3 Å². The number of anilines is 5. The normalized spacial score (nSPS) is 11.4. The molecule has 2 aliphatic rings. The monoisotopic (exact) mass is 1820 g/mol. The molecule has 0 spiro atoms. The van der Waals surface area contributed by atoms with E-state index in [-0.39, 0.29) is 132 Å². The minimum absolute atomic E-state index is 0. The van der Waals surface area contributed by atoms with E-state index in [9.17, 15) is 48.1 Å². The van der Waals surface area contributed by atoms with Crippen molar-refractivity contribution in [1.29, 1.82) is 10.5 Å². The number of carbonyl (C=O) groups excluding carboxylic acids is 6. The first-order chi connectivity index (χ1) is 60.5. The number of hydrogen-bond acceptors (Lipinski definition) is 27. The predicted molar refractivity (Wildman–Crippen MR) is 478 cm³/mol. The number of nitrogens with two attached hydrogens (primary N) is 1. The molecule has 34 nitrogen and oxygen atoms in total. The topological polar surface area (TPSA) is 454 Å². The number of aliphatic hydroxyl groups excluding tert-OH is 3. The molecule has 14 rings (SSSR count). The molecule has 0 saturated heterocycles. The summed E-state index contributed by atoms with van der Waals surface area (Å²) in [7, 11) is 0. The molecule has 0 saturated carbocycles. The van der Waals surface area contributed by atoms with Crippen LogP contribution in [0.2, 0.25) is 5.02 Å². The van der Waals surface area contributed by atoms with E-state index in [1.165, 1.54) is 69.9 Å². The van der Waals surface area contributed by atoms with Crippen LogP contribution < -0.4 is 27.0 Å². The van der Waals surface area contributed by atoms with Gasteiger partial charge in [0.15, 0.2) is 0 Å². The summed E-state index contributed by atoms with van der Waals surface area (Å²) in [5.74, 6) is 0.281. The van der Waals surface area contributed by atoms with E-state index in [1.807, 2.05) is 124 Å². The van der Waals surface area contributed by atoms with Crippen LogP contribution in [0.5, 0.6) is 0 Å². The number of rotatable bonds is 24. The second-order valence-corrected chi connectivity index (χ2v) is 29.8. The van der Waals surface area contributed by atoms with Crippen molar-refractivity contribution in [3.63, 3.8) is 0 Å². The number of benzene rings is 5. The molecule has 668 valence electrons. The molecular formula is C89H101BrClF2N21O13. The zero-order valence-electron chi connectivity index (χ0n) is 70.4. The minimum Gasteiger partial charge on any atom is -0.465 e. The van der Waals surface area contributed by atoms with Gasteiger partial charge in [0.05, 0.1) is 151 Å². The molecule has 0 radical (unpaired) electrons. The Morgan fingerprint density at radius 3 is 1.39 bits per heavy atom. The van der Waals surface area contributed by atoms with Crippen molar-refractivity contribution in [2.24, 2.45) is 0 Å². The number of nitrogens with one attached hydrogen (secondary N) is 5. The number of aliphatic hydroxyl groups is 3. The van der Waals surface area contributed by atoms with Gasteiger partial charge >= 0.3 is 24.1 Å². The number of nitrogens with zero attached hydrogens (tertiary/aromatic N) is 15. The van der Waals surface area contributed by atoms with Gasteiger partial charge in [-0.15, -0.1) is 0 Å². The summed E-state index contributed by atoms with van der Waals surface area (Å²) in [6, 6.07) is 54.2. The van der Waals surface area contributed by atoms with E-state index < -0.39 is 46.8 Å². The van der Waals surface area contributed by atoms with E-state index in [0.717, 1.165) is 34.5 Å². The lowest BCUT2D eigenvalue weighted by Crippen LogP contribution is -2.37. The molecule has 4 amide bonds. The van der Waals surface area contributed by atoms with Gasteiger partial charge < -0.3 is 61.3 Å². The maximum Gasteiger partial charge on any atom is 0.417 e. The number of carbonyl (C=O) groups is 6. The number of nitriles is 2. The number of H-pyrrole nitrogens is 1. The average Bonchev–Trinajstić information content (AvgIpc) is 1.62. The first-order valence-corrected chi connectivity index (χ1v) is 40.9. The summed E-state index contributed by atoms with van der Waals surface area (Å²) in [6.45, 7) is 18.1. The molecule has 0 fully saturated rings. The zero-order valence-corrected chi connectivity index (χ0v) is 72.7. The van der Waals surface area contributed by atoms with Gasteiger partial charge in [0, 0.05) is 62.6 Å². The highest BCUT2D eigenvalue weighted by Gasteiger charge is 2.41. The van der Waals surface area contributed by atoms with Gasteiger partial charge in [-0.25, -0.2) is 42.8 Å². The number of imide groups is 2. The number of amides is 4. The second-order valence-electron chi connectivity index (χ2n) is 28.8. The highest BCUT2D eigenvalue weighted by molar-refractivity contribution is 9.09. The van der Waals surface area contributed by atoms with Crippen LogP contribution in [0.25, 0.3) is 28.2 Å². The molecule has 2 aliphatic heterocycles. The Kier molecular flexibility index (Phi) is 39.2. The maximum absolute atomic E-state index is 14.8. The quantitative estimate of drug-likeness (QED) is 0.0154. The number of nitrogen functional groups attached to an aromatic ring is 1. The fourth-order valence-corrected chi connectivity index (χ4v) is 12.0. The zero-order chi connectivity index (χ0) is 91.3. The number of fused-ring (bicyclic) bond motifs is 2. The highest BCUT2D eigenvalue weighted by Crippen LogP contribution is 2.37. The molecule has 127 heavy (non-hydrogen) atoms. The summed E-state index contributed by atoms with van der Waals surface area (Å²) >= 11 is 9.17. The molecule has 12 aromatic rings. The third kappa shape index (κ3) is 31.2. The van der Waals surface area contributed by atoms with Crippen molar-refractivity contribution < 1.29 is 71.8 Å². The minimum atomic E-state index is -0.831. The maximum atomic E-state index is 14.8. The Hall–Kier alpha value is -14.2. The molecule has 7 aromatic heterocycles. The van der Waals surface area contributed by atoms with Crippen molar-refractivity contribution in [3.05, 3.63) is 268 Å². The Labute approximate surface area is 746 Å². The van der Waals surface area contributed by atoms with Crippen LogP contribution >= 0.6 is 27.5 Å². The molecule has 10 N–H and O–H groups in total. The van der Waals surface area contributed by atoms with Crippen molar-refractivity contribution in [3.8, 4) is 40.3 Å². The number of alkyl halides is 1. The summed E-state index contributed by atoms with van der Waals surface area (Å²) in [5.41, 5.74) is 8.79. The van der Waals surface area contributed by atoms with Gasteiger partial charge in [0.2, 0.25) is 0 Å². The van der Waals surface area contributed by atoms with E-state index in [1.54, 1.807) is 86.0 Å². The number of ether oxygens (including phenoxy) is 4. The summed E-state index contributed by atoms with van der Waals surface area (Å²) in [6.07, 6.45) is 7.26. The van der Waals surface area contributed by atoms with Crippen LogP contribution in [-0.4, -0.2) is 196 Å². The fourth-order valence-electron chi connectivity index (χ4n) is 11.6. The molecule has 9 heterocycles. The number of aromatic amines is 1. The fraction of sp³-hybridized carbons (Fsp3) is 0.292. The van der Waals surface area contributed by atoms with Crippen molar-refractivity contribution in [2.75, 3.05) is 91.5 Å². The first-order valence-electron chi connectivity index (χ1n) is 39.4. The molecule has 0 unspecified atom stereocenters. The van der Waals surface area contributed by atoms with E-state index >= 15 is 0 Å². The lowest BCUT2D eigenvalue weighted by Gasteiger charge is -2.23. The predicted octanol–water partition coefficient (Wildman–Crippen LogP) is 13.7. The molecular weight excluding hydrogens is 1720 g/mol. The number of esters is 2. The lowest BCUT2D eigenvalue weighted by molar-refractivity contribution is -0.141.